The van der Waals surface area contributed by atoms with Crippen LogP contribution in [0.25, 0.3) is 0 Å². The lowest BCUT2D eigenvalue weighted by atomic mass is 10.1. The number of para-hydroxylation sites is 1. The van der Waals surface area contributed by atoms with Crippen LogP contribution in [-0.4, -0.2) is 32.1 Å². The van der Waals surface area contributed by atoms with Crippen molar-refractivity contribution in [2.75, 3.05) is 32.1 Å². The molecule has 20 heavy (non-hydrogen) atoms. The van der Waals surface area contributed by atoms with Crippen LogP contribution in [0.15, 0.2) is 54.6 Å². The van der Waals surface area contributed by atoms with E-state index in [1.54, 1.807) is 0 Å². The molecule has 0 saturated heterocycles. The summed E-state index contributed by atoms with van der Waals surface area (Å²) < 4.78 is 0. The number of likely N-dealkylation sites (N-methyl/N-ethyl adjacent to an activating group) is 2. The molecule has 0 fully saturated rings. The normalized spacial score (nSPS) is 10.8. The Bertz CT molecular complexity index is 505. The molecule has 0 aromatic heterocycles. The number of hydrogen-bond donors (Lipinski definition) is 0. The molecule has 2 rings (SSSR count). The van der Waals surface area contributed by atoms with E-state index in [-0.39, 0.29) is 0 Å². The number of rotatable bonds is 6. The van der Waals surface area contributed by atoms with E-state index in [1.807, 2.05) is 0 Å². The predicted molar refractivity (Wildman–Crippen MR) is 87.2 cm³/mol. The third kappa shape index (κ3) is 4.39. The summed E-state index contributed by atoms with van der Waals surface area (Å²) in [7, 11) is 4.33. The average Bonchev–Trinajstić information content (AvgIpc) is 2.48. The van der Waals surface area contributed by atoms with Gasteiger partial charge in [0, 0.05) is 32.4 Å². The summed E-state index contributed by atoms with van der Waals surface area (Å²) in [4.78, 5) is 4.66. The Balaban J connectivity index is 1.80. The molecule has 0 saturated carbocycles. The minimum Gasteiger partial charge on any atom is -0.373 e. The zero-order valence-corrected chi connectivity index (χ0v) is 12.7. The minimum absolute atomic E-state index is 1.00. The molecule has 2 aromatic rings. The van der Waals surface area contributed by atoms with Crippen LogP contribution < -0.4 is 4.90 Å². The summed E-state index contributed by atoms with van der Waals surface area (Å²) in [5, 5.41) is 0. The first-order valence-corrected chi connectivity index (χ1v) is 7.15. The lowest BCUT2D eigenvalue weighted by molar-refractivity contribution is 0.334. The molecule has 0 aliphatic rings. The minimum atomic E-state index is 1.00. The Kier molecular flexibility index (Phi) is 5.19. The molecular weight excluding hydrogens is 244 g/mol. The van der Waals surface area contributed by atoms with Gasteiger partial charge in [0.05, 0.1) is 0 Å². The Morgan fingerprint density at radius 1 is 0.800 bits per heavy atom. The highest BCUT2D eigenvalue weighted by Crippen LogP contribution is 2.11. The van der Waals surface area contributed by atoms with Crippen LogP contribution in [0.1, 0.15) is 11.1 Å². The van der Waals surface area contributed by atoms with Gasteiger partial charge in [-0.15, -0.1) is 0 Å². The molecular formula is C18H24N2. The molecule has 0 amide bonds. The zero-order valence-electron chi connectivity index (χ0n) is 12.7. The molecule has 0 N–H and O–H groups in total. The van der Waals surface area contributed by atoms with Crippen molar-refractivity contribution < 1.29 is 0 Å². The molecule has 0 heterocycles. The summed E-state index contributed by atoms with van der Waals surface area (Å²) in [5.74, 6) is 0. The molecule has 0 radical (unpaired) electrons. The molecule has 2 nitrogen and oxygen atoms in total. The Morgan fingerprint density at radius 2 is 1.45 bits per heavy atom. The van der Waals surface area contributed by atoms with Crippen LogP contribution in [-0.2, 0) is 6.54 Å². The SMILES string of the molecule is Cc1ccc(CN(C)CCN(C)c2ccccc2)cc1. The van der Waals surface area contributed by atoms with Crippen LogP contribution in [0.3, 0.4) is 0 Å². The number of nitrogens with zero attached hydrogens (tertiary/aromatic N) is 2. The van der Waals surface area contributed by atoms with Gasteiger partial charge in [0.25, 0.3) is 0 Å². The lowest BCUT2D eigenvalue weighted by Gasteiger charge is -2.23. The second kappa shape index (κ2) is 7.11. The van der Waals surface area contributed by atoms with Crippen molar-refractivity contribution in [3.63, 3.8) is 0 Å². The van der Waals surface area contributed by atoms with Crippen LogP contribution in [0.2, 0.25) is 0 Å². The van der Waals surface area contributed by atoms with Crippen molar-refractivity contribution in [2.24, 2.45) is 0 Å². The van der Waals surface area contributed by atoms with E-state index >= 15 is 0 Å². The maximum Gasteiger partial charge on any atom is 0.0364 e. The highest BCUT2D eigenvalue weighted by molar-refractivity contribution is 5.44. The molecule has 0 unspecified atom stereocenters. The molecule has 2 aromatic carbocycles. The number of aryl methyl sites for hydroxylation is 1. The summed E-state index contributed by atoms with van der Waals surface area (Å²) in [6.45, 7) is 5.22. The van der Waals surface area contributed by atoms with Gasteiger partial charge in [0.15, 0.2) is 0 Å². The van der Waals surface area contributed by atoms with Gasteiger partial charge in [-0.05, 0) is 31.7 Å². The first kappa shape index (κ1) is 14.6. The monoisotopic (exact) mass is 268 g/mol. The fraction of sp³-hybridized carbons (Fsp3) is 0.333. The predicted octanol–water partition coefficient (Wildman–Crippen LogP) is 3.56. The van der Waals surface area contributed by atoms with Crippen LogP contribution >= 0.6 is 0 Å². The molecule has 0 atom stereocenters. The highest BCUT2D eigenvalue weighted by Gasteiger charge is 2.03. The number of hydrogen-bond acceptors (Lipinski definition) is 2. The lowest BCUT2D eigenvalue weighted by Crippen LogP contribution is -2.30. The van der Waals surface area contributed by atoms with Crippen molar-refractivity contribution in [2.45, 2.75) is 13.5 Å². The highest BCUT2D eigenvalue weighted by atomic mass is 15.2. The van der Waals surface area contributed by atoms with Gasteiger partial charge in [-0.3, -0.25) is 0 Å². The summed E-state index contributed by atoms with van der Waals surface area (Å²) >= 11 is 0. The van der Waals surface area contributed by atoms with Gasteiger partial charge >= 0.3 is 0 Å². The quantitative estimate of drug-likeness (QED) is 0.790. The summed E-state index contributed by atoms with van der Waals surface area (Å²) in [5.41, 5.74) is 3.97. The van der Waals surface area contributed by atoms with Gasteiger partial charge in [-0.25, -0.2) is 0 Å². The van der Waals surface area contributed by atoms with Crippen molar-refractivity contribution in [3.05, 3.63) is 65.7 Å². The molecule has 0 spiro atoms. The molecule has 0 bridgehead atoms. The summed E-state index contributed by atoms with van der Waals surface area (Å²) in [6, 6.07) is 19.3. The van der Waals surface area contributed by atoms with E-state index < -0.39 is 0 Å². The Hall–Kier alpha value is -1.80. The van der Waals surface area contributed by atoms with Gasteiger partial charge in [-0.2, -0.15) is 0 Å². The fourth-order valence-electron chi connectivity index (χ4n) is 2.22. The first-order chi connectivity index (χ1) is 9.65. The first-order valence-electron chi connectivity index (χ1n) is 7.15. The van der Waals surface area contributed by atoms with E-state index in [9.17, 15) is 0 Å². The third-order valence-electron chi connectivity index (χ3n) is 3.59. The van der Waals surface area contributed by atoms with Crippen molar-refractivity contribution >= 4 is 5.69 Å². The topological polar surface area (TPSA) is 6.48 Å². The van der Waals surface area contributed by atoms with E-state index in [0.717, 1.165) is 19.6 Å². The van der Waals surface area contributed by atoms with Gasteiger partial charge in [0.2, 0.25) is 0 Å². The van der Waals surface area contributed by atoms with Gasteiger partial charge in [0.1, 0.15) is 0 Å². The van der Waals surface area contributed by atoms with Gasteiger partial charge in [-0.1, -0.05) is 48.0 Å². The number of benzene rings is 2. The maximum atomic E-state index is 2.37. The zero-order chi connectivity index (χ0) is 14.4. The van der Waals surface area contributed by atoms with E-state index in [0.29, 0.717) is 0 Å². The van der Waals surface area contributed by atoms with Crippen LogP contribution in [0.4, 0.5) is 5.69 Å². The smallest absolute Gasteiger partial charge is 0.0364 e. The third-order valence-corrected chi connectivity index (χ3v) is 3.59. The molecule has 0 aliphatic heterocycles. The fourth-order valence-corrected chi connectivity index (χ4v) is 2.22. The van der Waals surface area contributed by atoms with Gasteiger partial charge < -0.3 is 9.80 Å². The van der Waals surface area contributed by atoms with Crippen LogP contribution in [0.5, 0.6) is 0 Å². The van der Waals surface area contributed by atoms with Crippen molar-refractivity contribution in [3.8, 4) is 0 Å². The maximum absolute atomic E-state index is 2.37. The molecule has 0 aliphatic carbocycles. The summed E-state index contributed by atoms with van der Waals surface area (Å²) in [6.07, 6.45) is 0. The largest absolute Gasteiger partial charge is 0.373 e. The Labute approximate surface area is 122 Å². The second-order valence-corrected chi connectivity index (χ2v) is 5.48. The Morgan fingerprint density at radius 3 is 2.10 bits per heavy atom. The standard InChI is InChI=1S/C18H24N2/c1-16-9-11-17(12-10-16)15-19(2)13-14-20(3)18-7-5-4-6-8-18/h4-12H,13-15H2,1-3H3. The van der Waals surface area contributed by atoms with Crippen molar-refractivity contribution in [1.82, 2.24) is 4.90 Å². The van der Waals surface area contributed by atoms with E-state index in [2.05, 4.69) is 85.4 Å². The van der Waals surface area contributed by atoms with E-state index in [1.165, 1.54) is 16.8 Å². The molecule has 2 heteroatoms. The number of anilines is 1. The van der Waals surface area contributed by atoms with Crippen molar-refractivity contribution in [1.29, 1.82) is 0 Å². The molecule has 106 valence electrons. The van der Waals surface area contributed by atoms with E-state index in [4.69, 9.17) is 0 Å². The van der Waals surface area contributed by atoms with Crippen LogP contribution in [0, 0.1) is 6.92 Å². The average molecular weight is 268 g/mol. The second-order valence-electron chi connectivity index (χ2n) is 5.48.